The number of hydrogen-bond acceptors (Lipinski definition) is 8. The Morgan fingerprint density at radius 1 is 0.239 bits per heavy atom. The summed E-state index contributed by atoms with van der Waals surface area (Å²) in [7, 11) is 0. The van der Waals surface area contributed by atoms with Gasteiger partial charge in [-0.15, -0.1) is 0 Å². The smallest absolute Gasteiger partial charge is 0.127 e. The molecule has 0 aromatic heterocycles. The van der Waals surface area contributed by atoms with Crippen molar-refractivity contribution in [2.75, 3.05) is 36.2 Å². The Morgan fingerprint density at radius 3 is 0.602 bits per heavy atom. The zero-order valence-corrected chi connectivity index (χ0v) is 54.3. The number of benzene rings is 8. The highest BCUT2D eigenvalue weighted by Crippen LogP contribution is 2.40. The summed E-state index contributed by atoms with van der Waals surface area (Å²) in [6.45, 7) is 21.0. The molecule has 0 aliphatic rings. The van der Waals surface area contributed by atoms with Gasteiger partial charge in [0.15, 0.2) is 0 Å². The van der Waals surface area contributed by atoms with Gasteiger partial charge in [-0.1, -0.05) is 157 Å². The summed E-state index contributed by atoms with van der Waals surface area (Å²) in [5.74, 6) is 8.85. The minimum atomic E-state index is 0.566. The first kappa shape index (κ1) is 66.1. The van der Waals surface area contributed by atoms with Gasteiger partial charge in [0, 0.05) is 34.1 Å². The fourth-order valence-corrected chi connectivity index (χ4v) is 11.1. The van der Waals surface area contributed by atoms with Crippen LogP contribution in [0.5, 0.6) is 46.0 Å². The molecule has 4 unspecified atom stereocenters. The van der Waals surface area contributed by atoms with E-state index in [1.165, 1.54) is 77.0 Å². The van der Waals surface area contributed by atoms with Crippen LogP contribution in [0, 0.1) is 23.7 Å². The van der Waals surface area contributed by atoms with Gasteiger partial charge in [0.05, 0.1) is 26.4 Å². The molecular weight excluding hydrogens is 1080 g/mol. The average molecular weight is 1190 g/mol. The Kier molecular flexibility index (Phi) is 26.9. The third-order valence-corrected chi connectivity index (χ3v) is 17.2. The normalized spacial score (nSPS) is 12.6. The molecule has 8 rings (SSSR count). The van der Waals surface area contributed by atoms with Crippen LogP contribution in [0.2, 0.25) is 0 Å². The van der Waals surface area contributed by atoms with Crippen molar-refractivity contribution in [1.29, 1.82) is 0 Å². The third-order valence-electron chi connectivity index (χ3n) is 17.2. The van der Waals surface area contributed by atoms with Gasteiger partial charge in [0.25, 0.3) is 0 Å². The molecule has 466 valence electrons. The van der Waals surface area contributed by atoms with Gasteiger partial charge in [0.1, 0.15) is 46.0 Å². The van der Waals surface area contributed by atoms with Crippen molar-refractivity contribution in [2.24, 2.45) is 23.7 Å². The first-order valence-electron chi connectivity index (χ1n) is 33.5. The Labute approximate surface area is 529 Å². The predicted octanol–water partition coefficient (Wildman–Crippen LogP) is 24.3. The third kappa shape index (κ3) is 20.1. The van der Waals surface area contributed by atoms with Crippen LogP contribution in [0.25, 0.3) is 11.1 Å². The van der Waals surface area contributed by atoms with E-state index < -0.39 is 0 Å². The molecule has 0 aliphatic heterocycles. The molecule has 0 bridgehead atoms. The predicted molar refractivity (Wildman–Crippen MR) is 369 cm³/mol. The zero-order chi connectivity index (χ0) is 61.7. The van der Waals surface area contributed by atoms with E-state index in [0.29, 0.717) is 23.7 Å². The van der Waals surface area contributed by atoms with E-state index in [4.69, 9.17) is 28.4 Å². The molecule has 0 aliphatic carbocycles. The van der Waals surface area contributed by atoms with Crippen LogP contribution in [0.1, 0.15) is 158 Å². The van der Waals surface area contributed by atoms with Crippen molar-refractivity contribution in [3.05, 3.63) is 194 Å². The number of unbranched alkanes of at least 4 members (excludes halogenated alkanes) is 4. The summed E-state index contributed by atoms with van der Waals surface area (Å²) < 4.78 is 38.2. The van der Waals surface area contributed by atoms with Crippen molar-refractivity contribution in [2.45, 2.75) is 158 Å². The lowest BCUT2D eigenvalue weighted by Gasteiger charge is -2.26. The molecule has 0 amide bonds. The molecule has 0 spiro atoms. The second kappa shape index (κ2) is 35.8. The summed E-state index contributed by atoms with van der Waals surface area (Å²) in [5, 5.41) is 0. The van der Waals surface area contributed by atoms with Crippen LogP contribution in [-0.4, -0.2) is 26.4 Å². The minimum absolute atomic E-state index is 0.566. The second-order valence-corrected chi connectivity index (χ2v) is 23.8. The summed E-state index contributed by atoms with van der Waals surface area (Å²) in [6, 6.07) is 67.0. The highest BCUT2D eigenvalue weighted by molar-refractivity contribution is 5.79. The summed E-state index contributed by atoms with van der Waals surface area (Å²) >= 11 is 0. The molecule has 8 heteroatoms. The van der Waals surface area contributed by atoms with Gasteiger partial charge >= 0.3 is 0 Å². The Hall–Kier alpha value is -7.84. The molecule has 88 heavy (non-hydrogen) atoms. The maximum absolute atomic E-state index is 6.45. The van der Waals surface area contributed by atoms with Crippen LogP contribution in [-0.2, 0) is 0 Å². The van der Waals surface area contributed by atoms with Crippen molar-refractivity contribution in [1.82, 2.24) is 0 Å². The van der Waals surface area contributed by atoms with Crippen molar-refractivity contribution >= 4 is 34.1 Å². The number of nitrogens with zero attached hydrogens (tertiary/aromatic N) is 2. The lowest BCUT2D eigenvalue weighted by Crippen LogP contribution is -2.12. The van der Waals surface area contributed by atoms with E-state index in [-0.39, 0.29) is 0 Å². The Morgan fingerprint density at radius 2 is 0.420 bits per heavy atom. The first-order valence-corrected chi connectivity index (χ1v) is 33.5. The molecule has 4 atom stereocenters. The van der Waals surface area contributed by atoms with E-state index in [1.54, 1.807) is 0 Å². The lowest BCUT2D eigenvalue weighted by molar-refractivity contribution is 0.233. The molecule has 8 nitrogen and oxygen atoms in total. The molecule has 8 aromatic rings. The number of rotatable bonds is 39. The van der Waals surface area contributed by atoms with E-state index in [0.717, 1.165) is 143 Å². The summed E-state index contributed by atoms with van der Waals surface area (Å²) in [6.07, 6.45) is 19.1. The molecule has 0 heterocycles. The van der Waals surface area contributed by atoms with Crippen molar-refractivity contribution in [3.63, 3.8) is 0 Å². The highest BCUT2D eigenvalue weighted by atomic mass is 16.5. The average Bonchev–Trinajstić information content (AvgIpc) is 2.96. The van der Waals surface area contributed by atoms with Gasteiger partial charge in [0.2, 0.25) is 0 Å². The van der Waals surface area contributed by atoms with Crippen LogP contribution >= 0.6 is 0 Å². The fourth-order valence-electron chi connectivity index (χ4n) is 11.1. The Bertz CT molecular complexity index is 2820. The van der Waals surface area contributed by atoms with E-state index >= 15 is 0 Å². The molecule has 0 radical (unpaired) electrons. The Balaban J connectivity index is 0.913. The summed E-state index contributed by atoms with van der Waals surface area (Å²) in [5.41, 5.74) is 8.34. The van der Waals surface area contributed by atoms with Crippen LogP contribution in [0.3, 0.4) is 0 Å². The van der Waals surface area contributed by atoms with Gasteiger partial charge in [-0.3, -0.25) is 0 Å². The number of hydrogen-bond donors (Lipinski definition) is 0. The van der Waals surface area contributed by atoms with E-state index in [2.05, 4.69) is 211 Å². The topological polar surface area (TPSA) is 61.9 Å². The van der Waals surface area contributed by atoms with Crippen LogP contribution < -0.4 is 38.2 Å². The largest absolute Gasteiger partial charge is 0.493 e. The van der Waals surface area contributed by atoms with Gasteiger partial charge in [-0.2, -0.15) is 0 Å². The number of anilines is 6. The molecule has 0 N–H and O–H groups in total. The number of ether oxygens (including phenoxy) is 6. The molecule has 8 aromatic carbocycles. The maximum Gasteiger partial charge on any atom is 0.127 e. The van der Waals surface area contributed by atoms with Crippen LogP contribution in [0.4, 0.5) is 34.1 Å². The molecular formula is C80H100N2O6. The maximum atomic E-state index is 6.45. The molecule has 0 fully saturated rings. The van der Waals surface area contributed by atoms with Crippen LogP contribution in [0.15, 0.2) is 194 Å². The molecule has 0 saturated heterocycles. The van der Waals surface area contributed by atoms with E-state index in [9.17, 15) is 0 Å². The quantitative estimate of drug-likeness (QED) is 0.0378. The van der Waals surface area contributed by atoms with Crippen molar-refractivity contribution < 1.29 is 28.4 Å². The van der Waals surface area contributed by atoms with Gasteiger partial charge in [-0.05, 0) is 230 Å². The monoisotopic (exact) mass is 1180 g/mol. The fraction of sp³-hybridized carbons (Fsp3) is 0.400. The highest BCUT2D eigenvalue weighted by Gasteiger charge is 2.18. The second-order valence-electron chi connectivity index (χ2n) is 23.8. The lowest BCUT2D eigenvalue weighted by atomic mass is 10.0. The van der Waals surface area contributed by atoms with Gasteiger partial charge < -0.3 is 38.2 Å². The summed E-state index contributed by atoms with van der Waals surface area (Å²) in [4.78, 5) is 4.53. The standard InChI is InChI=1S/C80H100N2O6/c1-9-17-21-61(13-5)57-83-73-45-29-67(30-46-73)81(68-31-47-74(48-32-68)84-58-62(14-6)22-18-10-2)71-37-53-79(54-38-71)87-77-41-25-65(26-42-77)66-27-43-78(44-28-66)88-80-55-39-72(40-56-80)82(69-33-49-75(50-34-69)85-59-63(15-7)23-19-11-3)70-35-51-76(52-36-70)86-60-64(16-8)24-20-12-4/h25-56,61-64H,9-24,57-60H2,1-8H3. The zero-order valence-electron chi connectivity index (χ0n) is 54.3. The minimum Gasteiger partial charge on any atom is -0.493 e. The van der Waals surface area contributed by atoms with Gasteiger partial charge in [-0.25, -0.2) is 0 Å². The first-order chi connectivity index (χ1) is 43.2. The van der Waals surface area contributed by atoms with Crippen molar-refractivity contribution in [3.8, 4) is 57.1 Å². The van der Waals surface area contributed by atoms with E-state index in [1.807, 2.05) is 48.5 Å². The SMILES string of the molecule is CCCCC(CC)COc1ccc(N(c2ccc(OCC(CC)CCCC)cc2)c2ccc(Oc3ccc(-c4ccc(Oc5ccc(N(c6ccc(OCC(CC)CCCC)cc6)c6ccc(OCC(CC)CCCC)cc6)cc5)cc4)cc3)cc2)cc1. The molecule has 0 saturated carbocycles.